The van der Waals surface area contributed by atoms with Crippen LogP contribution in [-0.4, -0.2) is 125 Å². The molecule has 0 bridgehead atoms. The number of piperidine rings is 2. The Bertz CT molecular complexity index is 1950. The molecular formula is C44H57N7O5. The average Bonchev–Trinajstić information content (AvgIpc) is 3.63. The van der Waals surface area contributed by atoms with Crippen molar-refractivity contribution in [2.75, 3.05) is 66.0 Å². The Labute approximate surface area is 330 Å². The summed E-state index contributed by atoms with van der Waals surface area (Å²) in [7, 11) is 2.18. The number of allylic oxidation sites excluding steroid dienone is 1. The van der Waals surface area contributed by atoms with Crippen LogP contribution in [0.25, 0.3) is 17.0 Å². The van der Waals surface area contributed by atoms with Crippen LogP contribution in [0.4, 0.5) is 4.79 Å². The molecule has 0 radical (unpaired) electrons. The number of alkyl carbamates (subject to hydrolysis) is 1. The summed E-state index contributed by atoms with van der Waals surface area (Å²) in [6.45, 7) is 12.5. The van der Waals surface area contributed by atoms with Crippen LogP contribution in [0.2, 0.25) is 0 Å². The molecule has 12 nitrogen and oxygen atoms in total. The van der Waals surface area contributed by atoms with Crippen LogP contribution in [0.1, 0.15) is 60.8 Å². The van der Waals surface area contributed by atoms with E-state index in [2.05, 4.69) is 52.1 Å². The highest BCUT2D eigenvalue weighted by atomic mass is 16.6. The lowest BCUT2D eigenvalue weighted by Gasteiger charge is -2.43. The van der Waals surface area contributed by atoms with Crippen LogP contribution in [0.15, 0.2) is 60.8 Å². The van der Waals surface area contributed by atoms with Gasteiger partial charge >= 0.3 is 6.09 Å². The predicted octanol–water partition coefficient (Wildman–Crippen LogP) is 4.84. The van der Waals surface area contributed by atoms with E-state index in [0.29, 0.717) is 58.0 Å². The SMILES string of the molecule is C=CCCNC(=O)OCn1cc2cc(C[C@@H](CC(=O)N3CCC(C4=Cc5ccccc5CC4=O)CC3)C(=O)N3CCN(C4CCN(C)CC4)CC3)cc(C)c2n1. The Morgan fingerprint density at radius 2 is 1.73 bits per heavy atom. The number of hydrogen-bond acceptors (Lipinski definition) is 8. The van der Waals surface area contributed by atoms with Crippen LogP contribution in [0.5, 0.6) is 0 Å². The number of amides is 3. The molecule has 4 heterocycles. The second-order valence-electron chi connectivity index (χ2n) is 16.1. The maximum Gasteiger partial charge on any atom is 0.408 e. The van der Waals surface area contributed by atoms with Crippen LogP contribution in [0, 0.1) is 18.8 Å². The second kappa shape index (κ2) is 18.0. The van der Waals surface area contributed by atoms with Crippen LogP contribution in [-0.2, 0) is 38.7 Å². The molecule has 3 aromatic rings. The summed E-state index contributed by atoms with van der Waals surface area (Å²) in [6, 6.07) is 12.7. The number of ether oxygens (including phenoxy) is 1. The van der Waals surface area contributed by atoms with Crippen molar-refractivity contribution in [3.05, 3.63) is 83.1 Å². The van der Waals surface area contributed by atoms with Crippen molar-refractivity contribution >= 4 is 40.7 Å². The minimum Gasteiger partial charge on any atom is -0.426 e. The zero-order valence-corrected chi connectivity index (χ0v) is 33.1. The zero-order valence-electron chi connectivity index (χ0n) is 33.1. The highest BCUT2D eigenvalue weighted by Gasteiger charge is 2.35. The van der Waals surface area contributed by atoms with Gasteiger partial charge in [-0.3, -0.25) is 19.3 Å². The predicted molar refractivity (Wildman–Crippen MR) is 217 cm³/mol. The van der Waals surface area contributed by atoms with E-state index in [-0.39, 0.29) is 36.7 Å². The molecule has 4 aliphatic rings. The van der Waals surface area contributed by atoms with E-state index in [1.807, 2.05) is 47.2 Å². The van der Waals surface area contributed by atoms with Gasteiger partial charge in [-0.1, -0.05) is 36.4 Å². The van der Waals surface area contributed by atoms with E-state index in [1.165, 1.54) is 0 Å². The standard InChI is InChI=1S/C44H57N7O5/c1-4-5-14-45-44(55)56-30-51-29-37-25-32(23-31(2)42(37)46-51)24-36(43(54)50-21-19-48(20-22-50)38-12-15-47(3)16-13-38)28-41(53)49-17-10-33(11-18-49)39-26-34-8-6-7-9-35(34)27-40(39)52/h4,6-9,23,25-26,29,33,36,38H,1,5,10-22,24,27-28,30H2,2-3H3,(H,45,55)/t36-/m0/s1. The quantitative estimate of drug-likeness (QED) is 0.206. The molecule has 1 N–H and O–H groups in total. The number of ketones is 1. The number of likely N-dealkylation sites (tertiary alicyclic amines) is 2. The van der Waals surface area contributed by atoms with Gasteiger partial charge in [-0.2, -0.15) is 5.10 Å². The summed E-state index contributed by atoms with van der Waals surface area (Å²) in [6.07, 6.45) is 10.6. The molecule has 1 atom stereocenters. The number of Topliss-reactive ketones (excluding diaryl/α,β-unsaturated/α-hetero) is 1. The number of aromatic nitrogens is 2. The summed E-state index contributed by atoms with van der Waals surface area (Å²) >= 11 is 0. The van der Waals surface area contributed by atoms with Crippen molar-refractivity contribution in [2.24, 2.45) is 11.8 Å². The van der Waals surface area contributed by atoms with Gasteiger partial charge in [0.2, 0.25) is 11.8 Å². The van der Waals surface area contributed by atoms with Crippen LogP contribution < -0.4 is 5.32 Å². The first-order valence-electron chi connectivity index (χ1n) is 20.4. The second-order valence-corrected chi connectivity index (χ2v) is 16.1. The molecule has 7 rings (SSSR count). The number of aryl methyl sites for hydroxylation is 1. The van der Waals surface area contributed by atoms with E-state index < -0.39 is 12.0 Å². The molecule has 12 heteroatoms. The third-order valence-corrected chi connectivity index (χ3v) is 12.3. The molecule has 3 saturated heterocycles. The highest BCUT2D eigenvalue weighted by molar-refractivity contribution is 6.04. The lowest BCUT2D eigenvalue weighted by molar-refractivity contribution is -0.143. The Balaban J connectivity index is 1.03. The summed E-state index contributed by atoms with van der Waals surface area (Å²) < 4.78 is 6.95. The number of carbonyl (C=O) groups is 4. The minimum absolute atomic E-state index is 0.00445. The molecule has 3 aliphatic heterocycles. The Kier molecular flexibility index (Phi) is 12.7. The van der Waals surface area contributed by atoms with Gasteiger partial charge in [0, 0.05) is 76.3 Å². The monoisotopic (exact) mass is 763 g/mol. The van der Waals surface area contributed by atoms with Crippen molar-refractivity contribution in [3.8, 4) is 0 Å². The van der Waals surface area contributed by atoms with Gasteiger partial charge in [-0.15, -0.1) is 6.58 Å². The first-order valence-corrected chi connectivity index (χ1v) is 20.4. The van der Waals surface area contributed by atoms with Crippen molar-refractivity contribution in [1.82, 2.24) is 34.7 Å². The number of carbonyl (C=O) groups excluding carboxylic acids is 4. The number of benzene rings is 2. The molecule has 1 aromatic heterocycles. The molecular weight excluding hydrogens is 707 g/mol. The summed E-state index contributed by atoms with van der Waals surface area (Å²) in [5.74, 6) is -0.160. The molecule has 1 aliphatic carbocycles. The van der Waals surface area contributed by atoms with E-state index in [9.17, 15) is 19.2 Å². The van der Waals surface area contributed by atoms with Crippen molar-refractivity contribution in [2.45, 2.75) is 71.1 Å². The van der Waals surface area contributed by atoms with Gasteiger partial charge < -0.3 is 24.8 Å². The molecule has 3 amide bonds. The topological polar surface area (TPSA) is 120 Å². The summed E-state index contributed by atoms with van der Waals surface area (Å²) in [4.78, 5) is 62.6. The van der Waals surface area contributed by atoms with Gasteiger partial charge in [0.15, 0.2) is 12.5 Å². The third kappa shape index (κ3) is 9.41. The highest BCUT2D eigenvalue weighted by Crippen LogP contribution is 2.33. The average molecular weight is 764 g/mol. The van der Waals surface area contributed by atoms with Crippen molar-refractivity contribution < 1.29 is 23.9 Å². The molecule has 0 unspecified atom stereocenters. The van der Waals surface area contributed by atoms with Gasteiger partial charge in [-0.25, -0.2) is 9.48 Å². The van der Waals surface area contributed by atoms with E-state index in [0.717, 1.165) is 90.6 Å². The number of nitrogens with zero attached hydrogens (tertiary/aromatic N) is 6. The summed E-state index contributed by atoms with van der Waals surface area (Å²) in [5, 5.41) is 8.23. The smallest absolute Gasteiger partial charge is 0.408 e. The number of rotatable bonds is 12. The largest absolute Gasteiger partial charge is 0.426 e. The van der Waals surface area contributed by atoms with Gasteiger partial charge in [0.1, 0.15) is 0 Å². The summed E-state index contributed by atoms with van der Waals surface area (Å²) in [5.41, 5.74) is 5.79. The normalized spacial score (nSPS) is 19.4. The van der Waals surface area contributed by atoms with E-state index in [4.69, 9.17) is 4.74 Å². The number of nitrogens with one attached hydrogen (secondary N) is 1. The minimum atomic E-state index is -0.517. The fraction of sp³-hybridized carbons (Fsp3) is 0.523. The van der Waals surface area contributed by atoms with E-state index >= 15 is 0 Å². The third-order valence-electron chi connectivity index (χ3n) is 12.3. The lowest BCUT2D eigenvalue weighted by Crippen LogP contribution is -2.55. The van der Waals surface area contributed by atoms with Crippen LogP contribution in [0.3, 0.4) is 0 Å². The lowest BCUT2D eigenvalue weighted by atomic mass is 9.80. The first kappa shape index (κ1) is 39.4. The Hall–Kier alpha value is -4.81. The fourth-order valence-electron chi connectivity index (χ4n) is 9.01. The Morgan fingerprint density at radius 1 is 0.982 bits per heavy atom. The van der Waals surface area contributed by atoms with E-state index in [1.54, 1.807) is 10.8 Å². The fourth-order valence-corrected chi connectivity index (χ4v) is 9.01. The number of piperazine rings is 1. The molecule has 3 fully saturated rings. The molecule has 298 valence electrons. The molecule has 2 aromatic carbocycles. The maximum absolute atomic E-state index is 14.4. The molecule has 0 saturated carbocycles. The van der Waals surface area contributed by atoms with Crippen molar-refractivity contribution in [3.63, 3.8) is 0 Å². The van der Waals surface area contributed by atoms with Crippen molar-refractivity contribution in [1.29, 1.82) is 0 Å². The van der Waals surface area contributed by atoms with Crippen LogP contribution >= 0.6 is 0 Å². The van der Waals surface area contributed by atoms with Gasteiger partial charge in [0.05, 0.1) is 11.4 Å². The van der Waals surface area contributed by atoms with Gasteiger partial charge in [0.25, 0.3) is 0 Å². The number of fused-ring (bicyclic) bond motifs is 2. The molecule has 0 spiro atoms. The maximum atomic E-state index is 14.4. The Morgan fingerprint density at radius 3 is 2.48 bits per heavy atom. The van der Waals surface area contributed by atoms with Gasteiger partial charge in [-0.05, 0) is 111 Å². The zero-order chi connectivity index (χ0) is 39.2. The first-order chi connectivity index (χ1) is 27.1. The number of hydrogen-bond donors (Lipinski definition) is 1. The molecule has 56 heavy (non-hydrogen) atoms.